The van der Waals surface area contributed by atoms with Gasteiger partial charge in [0.05, 0.1) is 16.3 Å². The maximum Gasteiger partial charge on any atom is 0.134 e. The van der Waals surface area contributed by atoms with Gasteiger partial charge < -0.3 is 0 Å². The van der Waals surface area contributed by atoms with Crippen LogP contribution in [0.3, 0.4) is 0 Å². The fraction of sp³-hybridized carbons (Fsp3) is 0. The van der Waals surface area contributed by atoms with Gasteiger partial charge in [-0.1, -0.05) is 41.4 Å². The minimum Gasteiger partial charge on any atom is -0.235 e. The van der Waals surface area contributed by atoms with E-state index in [9.17, 15) is 9.65 Å². The van der Waals surface area contributed by atoms with Crippen molar-refractivity contribution in [2.45, 2.75) is 0 Å². The smallest absolute Gasteiger partial charge is 0.134 e. The van der Waals surface area contributed by atoms with Crippen LogP contribution in [0.5, 0.6) is 0 Å². The number of halogens is 3. The summed E-state index contributed by atoms with van der Waals surface area (Å²) >= 11 is 13.4. The molecule has 0 saturated carbocycles. The van der Waals surface area contributed by atoms with Crippen LogP contribution in [-0.2, 0) is 0 Å². The lowest BCUT2D eigenvalue weighted by Gasteiger charge is -2.01. The highest BCUT2D eigenvalue weighted by Crippen LogP contribution is 2.33. The number of rotatable bonds is 3. The van der Waals surface area contributed by atoms with Crippen molar-refractivity contribution >= 4 is 46.2 Å². The second kappa shape index (κ2) is 7.14. The molecule has 0 aliphatic heterocycles. The number of hydrogen-bond donors (Lipinski definition) is 0. The largest absolute Gasteiger partial charge is 0.235 e. The zero-order valence-electron chi connectivity index (χ0n) is 12.1. The van der Waals surface area contributed by atoms with Gasteiger partial charge in [-0.2, -0.15) is 5.26 Å². The van der Waals surface area contributed by atoms with Gasteiger partial charge in [0.25, 0.3) is 0 Å². The molecule has 0 fully saturated rings. The van der Waals surface area contributed by atoms with Crippen LogP contribution in [0.15, 0.2) is 47.8 Å². The summed E-state index contributed by atoms with van der Waals surface area (Å²) in [5, 5.41) is 12.7. The summed E-state index contributed by atoms with van der Waals surface area (Å²) in [7, 11) is 0. The van der Waals surface area contributed by atoms with Gasteiger partial charge in [-0.25, -0.2) is 9.37 Å². The number of nitrogens with zero attached hydrogens (tertiary/aromatic N) is 2. The monoisotopic (exact) mass is 374 g/mol. The van der Waals surface area contributed by atoms with Crippen LogP contribution in [0.2, 0.25) is 10.0 Å². The molecule has 118 valence electrons. The Kier molecular flexibility index (Phi) is 4.96. The van der Waals surface area contributed by atoms with Crippen molar-refractivity contribution in [3.8, 4) is 17.3 Å². The molecule has 1 heterocycles. The van der Waals surface area contributed by atoms with E-state index in [1.165, 1.54) is 23.5 Å². The fourth-order valence-electron chi connectivity index (χ4n) is 2.11. The molecular formula is C18H9Cl2FN2S. The van der Waals surface area contributed by atoms with Crippen LogP contribution in [-0.4, -0.2) is 4.98 Å². The Labute approximate surface area is 152 Å². The maximum atomic E-state index is 13.8. The summed E-state index contributed by atoms with van der Waals surface area (Å²) in [6, 6.07) is 13.5. The third-order valence-corrected chi connectivity index (χ3v) is 4.69. The average molecular weight is 375 g/mol. The number of thiazole rings is 1. The highest BCUT2D eigenvalue weighted by atomic mass is 35.5. The third kappa shape index (κ3) is 3.49. The van der Waals surface area contributed by atoms with E-state index in [-0.39, 0.29) is 5.82 Å². The molecule has 2 aromatic carbocycles. The first-order valence-corrected chi connectivity index (χ1v) is 8.49. The predicted molar refractivity (Wildman–Crippen MR) is 97.5 cm³/mol. The molecule has 0 bridgehead atoms. The van der Waals surface area contributed by atoms with Gasteiger partial charge in [0.1, 0.15) is 16.9 Å². The molecule has 0 saturated heterocycles. The molecule has 24 heavy (non-hydrogen) atoms. The summed E-state index contributed by atoms with van der Waals surface area (Å²) in [4.78, 5) is 4.45. The van der Waals surface area contributed by atoms with Crippen molar-refractivity contribution < 1.29 is 4.39 Å². The van der Waals surface area contributed by atoms with Crippen LogP contribution >= 0.6 is 34.5 Å². The Morgan fingerprint density at radius 3 is 2.71 bits per heavy atom. The minimum absolute atomic E-state index is 0.293. The topological polar surface area (TPSA) is 36.7 Å². The van der Waals surface area contributed by atoms with E-state index in [1.54, 1.807) is 41.8 Å². The summed E-state index contributed by atoms with van der Waals surface area (Å²) in [6.07, 6.45) is 1.49. The zero-order chi connectivity index (χ0) is 17.1. The summed E-state index contributed by atoms with van der Waals surface area (Å²) in [5.74, 6) is -0.386. The van der Waals surface area contributed by atoms with E-state index in [0.717, 1.165) is 5.56 Å². The zero-order valence-corrected chi connectivity index (χ0v) is 14.5. The van der Waals surface area contributed by atoms with E-state index in [4.69, 9.17) is 23.2 Å². The SMILES string of the molecule is N#C/C(=C/c1ccccc1F)c1nc(-c2ccc(Cl)cc2Cl)cs1. The highest BCUT2D eigenvalue weighted by molar-refractivity contribution is 7.11. The van der Waals surface area contributed by atoms with Crippen LogP contribution in [0.25, 0.3) is 22.9 Å². The van der Waals surface area contributed by atoms with E-state index in [2.05, 4.69) is 11.1 Å². The second-order valence-electron chi connectivity index (χ2n) is 4.85. The molecule has 3 aromatic rings. The van der Waals surface area contributed by atoms with E-state index >= 15 is 0 Å². The van der Waals surface area contributed by atoms with Crippen LogP contribution in [0.4, 0.5) is 4.39 Å². The van der Waals surface area contributed by atoms with Crippen molar-refractivity contribution in [3.63, 3.8) is 0 Å². The summed E-state index contributed by atoms with van der Waals surface area (Å²) in [6.45, 7) is 0. The van der Waals surface area contributed by atoms with Gasteiger partial charge >= 0.3 is 0 Å². The maximum absolute atomic E-state index is 13.8. The van der Waals surface area contributed by atoms with Crippen molar-refractivity contribution in [1.29, 1.82) is 5.26 Å². The standard InChI is InChI=1S/C18H9Cl2FN2S/c19-13-5-6-14(15(20)8-13)17-10-24-18(23-17)12(9-22)7-11-3-1-2-4-16(11)21/h1-8,10H/b12-7-. The summed E-state index contributed by atoms with van der Waals surface area (Å²) < 4.78 is 13.8. The number of nitriles is 1. The Morgan fingerprint density at radius 1 is 1.21 bits per heavy atom. The van der Waals surface area contributed by atoms with Crippen molar-refractivity contribution in [3.05, 3.63) is 74.3 Å². The number of allylic oxidation sites excluding steroid dienone is 1. The number of benzene rings is 2. The van der Waals surface area contributed by atoms with Crippen LogP contribution in [0.1, 0.15) is 10.6 Å². The van der Waals surface area contributed by atoms with Crippen molar-refractivity contribution in [2.75, 3.05) is 0 Å². The van der Waals surface area contributed by atoms with Gasteiger partial charge in [-0.05, 0) is 30.3 Å². The third-order valence-electron chi connectivity index (χ3n) is 3.27. The van der Waals surface area contributed by atoms with Gasteiger partial charge in [0.2, 0.25) is 0 Å². The first kappa shape index (κ1) is 16.7. The minimum atomic E-state index is -0.386. The van der Waals surface area contributed by atoms with E-state index in [1.807, 2.05) is 0 Å². The molecule has 0 aliphatic carbocycles. The number of aromatic nitrogens is 1. The molecule has 6 heteroatoms. The molecule has 3 rings (SSSR count). The molecule has 0 spiro atoms. The lowest BCUT2D eigenvalue weighted by Crippen LogP contribution is -1.85. The van der Waals surface area contributed by atoms with Crippen molar-refractivity contribution in [1.82, 2.24) is 4.98 Å². The molecule has 0 radical (unpaired) electrons. The first-order chi connectivity index (χ1) is 11.6. The summed E-state index contributed by atoms with van der Waals surface area (Å²) in [5.41, 5.74) is 2.01. The van der Waals surface area contributed by atoms with E-state index in [0.29, 0.717) is 31.9 Å². The fourth-order valence-corrected chi connectivity index (χ4v) is 3.40. The van der Waals surface area contributed by atoms with E-state index < -0.39 is 0 Å². The van der Waals surface area contributed by atoms with Gasteiger partial charge in [0.15, 0.2) is 0 Å². The number of hydrogen-bond acceptors (Lipinski definition) is 3. The van der Waals surface area contributed by atoms with Gasteiger partial charge in [-0.15, -0.1) is 11.3 Å². The first-order valence-electron chi connectivity index (χ1n) is 6.86. The molecule has 0 N–H and O–H groups in total. The molecular weight excluding hydrogens is 366 g/mol. The normalized spacial score (nSPS) is 11.3. The average Bonchev–Trinajstić information content (AvgIpc) is 3.03. The van der Waals surface area contributed by atoms with Crippen LogP contribution < -0.4 is 0 Å². The van der Waals surface area contributed by atoms with Crippen molar-refractivity contribution in [2.24, 2.45) is 0 Å². The molecule has 0 unspecified atom stereocenters. The Morgan fingerprint density at radius 2 is 2.00 bits per heavy atom. The molecule has 1 aromatic heterocycles. The quantitative estimate of drug-likeness (QED) is 0.502. The Hall–Kier alpha value is -2.19. The van der Waals surface area contributed by atoms with Crippen LogP contribution in [0, 0.1) is 17.1 Å². The molecule has 0 atom stereocenters. The lowest BCUT2D eigenvalue weighted by molar-refractivity contribution is 0.625. The molecule has 0 aliphatic rings. The lowest BCUT2D eigenvalue weighted by atomic mass is 10.1. The second-order valence-corrected chi connectivity index (χ2v) is 6.56. The highest BCUT2D eigenvalue weighted by Gasteiger charge is 2.12. The molecule has 0 amide bonds. The molecule has 2 nitrogen and oxygen atoms in total. The Balaban J connectivity index is 2.00. The van der Waals surface area contributed by atoms with Gasteiger partial charge in [-0.3, -0.25) is 0 Å². The Bertz CT molecular complexity index is 973. The predicted octanol–water partition coefficient (Wildman–Crippen LogP) is 6.32. The van der Waals surface area contributed by atoms with Gasteiger partial charge in [0, 0.05) is 21.5 Å².